The number of carboxylic acid groups (broad SMARTS) is 1. The van der Waals surface area contributed by atoms with Gasteiger partial charge in [-0.05, 0) is 32.1 Å². The summed E-state index contributed by atoms with van der Waals surface area (Å²) in [5.74, 6) is -0.708. The van der Waals surface area contributed by atoms with Gasteiger partial charge in [0, 0.05) is 20.2 Å². The fraction of sp³-hybridized carbons (Fsp3) is 0.733. The van der Waals surface area contributed by atoms with Crippen molar-refractivity contribution in [2.24, 2.45) is 0 Å². The lowest BCUT2D eigenvalue weighted by molar-refractivity contribution is -0.00467. The van der Waals surface area contributed by atoms with Crippen LogP contribution in [0.15, 0.2) is 0 Å². The molecule has 2 unspecified atom stereocenters. The van der Waals surface area contributed by atoms with Gasteiger partial charge in [0.15, 0.2) is 5.13 Å². The topological polar surface area (TPSA) is 62.7 Å². The largest absolute Gasteiger partial charge is 0.477 e. The van der Waals surface area contributed by atoms with Crippen LogP contribution in [0.25, 0.3) is 0 Å². The van der Waals surface area contributed by atoms with E-state index in [1.165, 1.54) is 11.3 Å². The molecule has 0 bridgehead atoms. The van der Waals surface area contributed by atoms with E-state index in [1.54, 1.807) is 7.11 Å². The second-order valence-corrected chi connectivity index (χ2v) is 6.98. The molecule has 2 heterocycles. The Bertz CT molecular complexity index is 517. The van der Waals surface area contributed by atoms with Gasteiger partial charge in [0.05, 0.1) is 11.3 Å². The van der Waals surface area contributed by atoms with Gasteiger partial charge >= 0.3 is 5.97 Å². The minimum absolute atomic E-state index is 0.166. The third-order valence-electron chi connectivity index (χ3n) is 4.34. The number of hydrogen-bond donors (Lipinski definition) is 1. The molecule has 1 aromatic heterocycles. The van der Waals surface area contributed by atoms with E-state index in [1.807, 2.05) is 6.92 Å². The van der Waals surface area contributed by atoms with Crippen LogP contribution in [-0.4, -0.2) is 41.9 Å². The summed E-state index contributed by atoms with van der Waals surface area (Å²) in [6.45, 7) is 7.85. The summed E-state index contributed by atoms with van der Waals surface area (Å²) in [5.41, 5.74) is 0.541. The number of thiazole rings is 1. The summed E-state index contributed by atoms with van der Waals surface area (Å²) < 4.78 is 5.60. The zero-order valence-corrected chi connectivity index (χ0v) is 14.0. The molecule has 21 heavy (non-hydrogen) atoms. The van der Waals surface area contributed by atoms with E-state index in [0.717, 1.165) is 43.2 Å². The van der Waals surface area contributed by atoms with Crippen molar-refractivity contribution in [3.8, 4) is 0 Å². The summed E-state index contributed by atoms with van der Waals surface area (Å²) in [6.07, 6.45) is 2.94. The minimum atomic E-state index is -0.874. The summed E-state index contributed by atoms with van der Waals surface area (Å²) >= 11 is 1.29. The molecular weight excluding hydrogens is 288 g/mol. The van der Waals surface area contributed by atoms with Crippen LogP contribution in [0.3, 0.4) is 0 Å². The molecule has 0 amide bonds. The quantitative estimate of drug-likeness (QED) is 0.903. The molecule has 1 fully saturated rings. The second kappa shape index (κ2) is 6.32. The average Bonchev–Trinajstić information content (AvgIpc) is 2.92. The molecule has 0 aromatic carbocycles. The SMILES string of the molecule is CCC(C)c1nc(N2CCCC(C)(OC)C2)sc1C(=O)O. The van der Waals surface area contributed by atoms with Gasteiger partial charge in [-0.15, -0.1) is 0 Å². The van der Waals surface area contributed by atoms with Gasteiger partial charge in [0.1, 0.15) is 4.88 Å². The van der Waals surface area contributed by atoms with Crippen LogP contribution in [0.4, 0.5) is 5.13 Å². The number of piperidine rings is 1. The highest BCUT2D eigenvalue weighted by Crippen LogP contribution is 2.35. The Hall–Kier alpha value is -1.14. The number of hydrogen-bond acceptors (Lipinski definition) is 5. The zero-order chi connectivity index (χ0) is 15.6. The van der Waals surface area contributed by atoms with Crippen LogP contribution in [0.2, 0.25) is 0 Å². The minimum Gasteiger partial charge on any atom is -0.477 e. The van der Waals surface area contributed by atoms with Gasteiger partial charge < -0.3 is 14.7 Å². The molecule has 6 heteroatoms. The predicted octanol–water partition coefficient (Wildman–Crippen LogP) is 3.36. The number of aromatic carboxylic acids is 1. The smallest absolute Gasteiger partial charge is 0.347 e. The Morgan fingerprint density at radius 1 is 1.62 bits per heavy atom. The van der Waals surface area contributed by atoms with Gasteiger partial charge in [-0.3, -0.25) is 0 Å². The van der Waals surface area contributed by atoms with E-state index in [2.05, 4.69) is 23.7 Å². The molecule has 0 aliphatic carbocycles. The lowest BCUT2D eigenvalue weighted by Crippen LogP contribution is -2.47. The van der Waals surface area contributed by atoms with Crippen molar-refractivity contribution in [3.63, 3.8) is 0 Å². The Morgan fingerprint density at radius 3 is 2.90 bits per heavy atom. The lowest BCUT2D eigenvalue weighted by Gasteiger charge is -2.39. The monoisotopic (exact) mass is 312 g/mol. The molecule has 118 valence electrons. The maximum absolute atomic E-state index is 11.4. The first kappa shape index (κ1) is 16.2. The number of carbonyl (C=O) groups is 1. The maximum atomic E-state index is 11.4. The number of carboxylic acids is 1. The number of methoxy groups -OCH3 is 1. The molecule has 1 aliphatic heterocycles. The summed E-state index contributed by atoms with van der Waals surface area (Å²) in [5, 5.41) is 10.2. The van der Waals surface area contributed by atoms with Crippen molar-refractivity contribution in [2.45, 2.75) is 51.6 Å². The Kier molecular flexibility index (Phi) is 4.88. The molecule has 2 atom stereocenters. The van der Waals surface area contributed by atoms with E-state index in [-0.39, 0.29) is 11.5 Å². The third-order valence-corrected chi connectivity index (χ3v) is 5.46. The standard InChI is InChI=1S/C15H24N2O3S/c1-5-10(2)11-12(13(18)19)21-14(16-11)17-8-6-7-15(3,9-17)20-4/h10H,5-9H2,1-4H3,(H,18,19). The first-order valence-corrected chi connectivity index (χ1v) is 8.26. The number of nitrogens with zero attached hydrogens (tertiary/aromatic N) is 2. The van der Waals surface area contributed by atoms with Crippen LogP contribution in [0.5, 0.6) is 0 Å². The van der Waals surface area contributed by atoms with E-state index in [4.69, 9.17) is 4.74 Å². The second-order valence-electron chi connectivity index (χ2n) is 6.00. The molecule has 0 saturated carbocycles. The number of ether oxygens (including phenoxy) is 1. The highest BCUT2D eigenvalue weighted by Gasteiger charge is 2.33. The van der Waals surface area contributed by atoms with Crippen LogP contribution in [0, 0.1) is 0 Å². The Morgan fingerprint density at radius 2 is 2.33 bits per heavy atom. The normalized spacial score (nSPS) is 24.1. The Labute approximate surface area is 129 Å². The highest BCUT2D eigenvalue weighted by atomic mass is 32.1. The zero-order valence-electron chi connectivity index (χ0n) is 13.2. The fourth-order valence-corrected chi connectivity index (χ4v) is 3.72. The van der Waals surface area contributed by atoms with Gasteiger partial charge in [-0.2, -0.15) is 0 Å². The van der Waals surface area contributed by atoms with E-state index >= 15 is 0 Å². The van der Waals surface area contributed by atoms with Gasteiger partial charge in [0.25, 0.3) is 0 Å². The van der Waals surface area contributed by atoms with Crippen molar-refractivity contribution >= 4 is 22.4 Å². The summed E-state index contributed by atoms with van der Waals surface area (Å²) in [6, 6.07) is 0. The van der Waals surface area contributed by atoms with Crippen molar-refractivity contribution in [1.29, 1.82) is 0 Å². The molecule has 1 aromatic rings. The maximum Gasteiger partial charge on any atom is 0.347 e. The van der Waals surface area contributed by atoms with Crippen molar-refractivity contribution in [1.82, 2.24) is 4.98 Å². The number of aromatic nitrogens is 1. The summed E-state index contributed by atoms with van der Waals surface area (Å²) in [4.78, 5) is 18.6. The third kappa shape index (κ3) is 3.37. The van der Waals surface area contributed by atoms with E-state index in [0.29, 0.717) is 4.88 Å². The van der Waals surface area contributed by atoms with Gasteiger partial charge in [0.2, 0.25) is 0 Å². The van der Waals surface area contributed by atoms with Crippen LogP contribution < -0.4 is 4.90 Å². The molecule has 1 aliphatic rings. The molecule has 0 spiro atoms. The molecule has 0 radical (unpaired) electrons. The van der Waals surface area contributed by atoms with Crippen molar-refractivity contribution < 1.29 is 14.6 Å². The van der Waals surface area contributed by atoms with Gasteiger partial charge in [-0.25, -0.2) is 9.78 Å². The molecule has 1 N–H and O–H groups in total. The molecule has 5 nitrogen and oxygen atoms in total. The van der Waals surface area contributed by atoms with E-state index < -0.39 is 5.97 Å². The average molecular weight is 312 g/mol. The molecule has 1 saturated heterocycles. The summed E-state index contributed by atoms with van der Waals surface area (Å²) in [7, 11) is 1.73. The first-order chi connectivity index (χ1) is 9.90. The number of rotatable bonds is 5. The number of anilines is 1. The lowest BCUT2D eigenvalue weighted by atomic mass is 9.95. The Balaban J connectivity index is 2.30. The van der Waals surface area contributed by atoms with Crippen molar-refractivity contribution in [3.05, 3.63) is 10.6 Å². The van der Waals surface area contributed by atoms with Crippen LogP contribution in [0.1, 0.15) is 61.3 Å². The molecular formula is C15H24N2O3S. The highest BCUT2D eigenvalue weighted by molar-refractivity contribution is 7.17. The molecule has 2 rings (SSSR count). The predicted molar refractivity (Wildman–Crippen MR) is 84.6 cm³/mol. The fourth-order valence-electron chi connectivity index (χ4n) is 2.67. The van der Waals surface area contributed by atoms with Crippen LogP contribution >= 0.6 is 11.3 Å². The van der Waals surface area contributed by atoms with E-state index in [9.17, 15) is 9.90 Å². The first-order valence-electron chi connectivity index (χ1n) is 7.44. The van der Waals surface area contributed by atoms with Gasteiger partial charge in [-0.1, -0.05) is 25.2 Å². The van der Waals surface area contributed by atoms with Crippen molar-refractivity contribution in [2.75, 3.05) is 25.1 Å². The van der Waals surface area contributed by atoms with Crippen LogP contribution in [-0.2, 0) is 4.74 Å².